The molecule has 0 aliphatic heterocycles. The van der Waals surface area contributed by atoms with Gasteiger partial charge in [0.05, 0.1) is 37.2 Å². The van der Waals surface area contributed by atoms with Crippen molar-refractivity contribution in [1.82, 2.24) is 24.1 Å². The largest absolute Gasteiger partial charge is 0.308 e. The lowest BCUT2D eigenvalue weighted by atomic mass is 9.99. The number of hydrogen-bond donors (Lipinski definition) is 0. The van der Waals surface area contributed by atoms with Gasteiger partial charge in [-0.15, -0.1) is 11.3 Å². The highest BCUT2D eigenvalue weighted by Gasteiger charge is 2.24. The molecule has 0 saturated heterocycles. The lowest BCUT2D eigenvalue weighted by Gasteiger charge is -2.16. The molecular formula is C63H39N5S. The molecular weight excluding hydrogens is 859 g/mol. The lowest BCUT2D eigenvalue weighted by molar-refractivity contribution is 1.07. The van der Waals surface area contributed by atoms with E-state index in [1.165, 1.54) is 58.3 Å². The van der Waals surface area contributed by atoms with Gasteiger partial charge >= 0.3 is 0 Å². The van der Waals surface area contributed by atoms with E-state index in [1.54, 1.807) is 0 Å². The minimum atomic E-state index is 0.601. The van der Waals surface area contributed by atoms with Gasteiger partial charge in [-0.3, -0.25) is 0 Å². The summed E-state index contributed by atoms with van der Waals surface area (Å²) in [5.74, 6) is 1.83. The van der Waals surface area contributed by atoms with Gasteiger partial charge in [-0.05, 0) is 58.7 Å². The molecule has 4 aromatic heterocycles. The Hall–Kier alpha value is -8.97. The molecule has 322 valence electrons. The molecule has 0 unspecified atom stereocenters. The van der Waals surface area contributed by atoms with Crippen molar-refractivity contribution in [3.05, 3.63) is 237 Å². The average molecular weight is 898 g/mol. The first-order valence-electron chi connectivity index (χ1n) is 23.3. The highest BCUT2D eigenvalue weighted by Crippen LogP contribution is 2.48. The van der Waals surface area contributed by atoms with Gasteiger partial charge in [0.1, 0.15) is 0 Å². The van der Waals surface area contributed by atoms with Crippen LogP contribution in [-0.2, 0) is 0 Å². The third-order valence-electron chi connectivity index (χ3n) is 13.6. The maximum Gasteiger partial charge on any atom is 0.166 e. The highest BCUT2D eigenvalue weighted by molar-refractivity contribution is 7.27. The maximum atomic E-state index is 5.44. The molecule has 0 bridgehead atoms. The fourth-order valence-electron chi connectivity index (χ4n) is 10.5. The van der Waals surface area contributed by atoms with E-state index in [9.17, 15) is 0 Å². The van der Waals surface area contributed by atoms with Crippen molar-refractivity contribution >= 4 is 75.1 Å². The van der Waals surface area contributed by atoms with Crippen molar-refractivity contribution in [2.24, 2.45) is 0 Å². The van der Waals surface area contributed by atoms with E-state index in [1.807, 2.05) is 23.5 Å². The summed E-state index contributed by atoms with van der Waals surface area (Å²) in [5, 5.41) is 7.37. The predicted molar refractivity (Wildman–Crippen MR) is 289 cm³/mol. The Morgan fingerprint density at radius 2 is 0.710 bits per heavy atom. The number of thiophene rings is 1. The van der Waals surface area contributed by atoms with Crippen LogP contribution in [0.25, 0.3) is 132 Å². The number of para-hydroxylation sites is 4. The summed E-state index contributed by atoms with van der Waals surface area (Å²) in [7, 11) is 0. The zero-order valence-electron chi connectivity index (χ0n) is 37.2. The monoisotopic (exact) mass is 897 g/mol. The normalized spacial score (nSPS) is 11.8. The Balaban J connectivity index is 1.03. The van der Waals surface area contributed by atoms with Crippen LogP contribution in [0.5, 0.6) is 0 Å². The van der Waals surface area contributed by atoms with Crippen molar-refractivity contribution < 1.29 is 0 Å². The summed E-state index contributed by atoms with van der Waals surface area (Å²) < 4.78 is 7.41. The number of hydrogen-bond acceptors (Lipinski definition) is 4. The van der Waals surface area contributed by atoms with Crippen LogP contribution in [-0.4, -0.2) is 24.1 Å². The quantitative estimate of drug-likeness (QED) is 0.160. The summed E-state index contributed by atoms with van der Waals surface area (Å²) in [6, 6.07) is 84.2. The minimum absolute atomic E-state index is 0.601. The van der Waals surface area contributed by atoms with E-state index in [-0.39, 0.29) is 0 Å². The molecule has 0 saturated carbocycles. The SMILES string of the molecule is c1ccc(-c2ccc(-c3nc(-c4ccccc4-c4ccccc4)nc(-c4ccccc4-n4c5ccccc5c5ccc6c7ccc8c9ccccc9n(-c9ccccc9)c8c7sc6c54)n3)cc2)cc1. The molecule has 5 nitrogen and oxygen atoms in total. The molecule has 0 N–H and O–H groups in total. The summed E-state index contributed by atoms with van der Waals surface area (Å²) in [4.78, 5) is 16.1. The van der Waals surface area contributed by atoms with E-state index in [4.69, 9.17) is 15.0 Å². The molecule has 0 radical (unpaired) electrons. The van der Waals surface area contributed by atoms with Crippen LogP contribution >= 0.6 is 11.3 Å². The van der Waals surface area contributed by atoms with Crippen LogP contribution in [0.1, 0.15) is 0 Å². The highest BCUT2D eigenvalue weighted by atomic mass is 32.1. The number of rotatable bonds is 7. The standard InChI is InChI=1S/C63H39N5S/c1-4-18-40(19-5-1)41-32-34-43(35-33-41)61-64-62(52-27-11-10-24-45(52)42-20-6-2-7-21-42)66-63(65-61)53-28-14-17-31-56(53)68-55-30-16-13-26-47(55)49-37-39-51-50-38-36-48-46-25-12-15-29-54(46)67(44-22-8-3-9-23-44)57(48)59(50)69-60(51)58(49)68/h1-39H. The second-order valence-electron chi connectivity index (χ2n) is 17.5. The van der Waals surface area contributed by atoms with Gasteiger partial charge in [0, 0.05) is 54.7 Å². The fourth-order valence-corrected chi connectivity index (χ4v) is 11.9. The molecule has 0 amide bonds. The Morgan fingerprint density at radius 3 is 1.36 bits per heavy atom. The van der Waals surface area contributed by atoms with E-state index in [2.05, 4.69) is 234 Å². The molecule has 4 heterocycles. The Morgan fingerprint density at radius 1 is 0.275 bits per heavy atom. The predicted octanol–water partition coefficient (Wildman–Crippen LogP) is 16.8. The molecule has 0 aliphatic rings. The molecule has 14 aromatic rings. The number of aromatic nitrogens is 5. The summed E-state index contributed by atoms with van der Waals surface area (Å²) in [6.45, 7) is 0. The van der Waals surface area contributed by atoms with E-state index < -0.39 is 0 Å². The first-order chi connectivity index (χ1) is 34.2. The number of fused-ring (bicyclic) bond motifs is 11. The number of nitrogens with zero attached hydrogens (tertiary/aromatic N) is 5. The van der Waals surface area contributed by atoms with Gasteiger partial charge in [0.25, 0.3) is 0 Å². The Bertz CT molecular complexity index is 4280. The topological polar surface area (TPSA) is 48.5 Å². The molecule has 69 heavy (non-hydrogen) atoms. The van der Waals surface area contributed by atoms with Crippen molar-refractivity contribution in [3.8, 4) is 67.8 Å². The van der Waals surface area contributed by atoms with Crippen LogP contribution in [0.15, 0.2) is 237 Å². The Kier molecular flexibility index (Phi) is 9.00. The molecule has 0 fully saturated rings. The smallest absolute Gasteiger partial charge is 0.166 e. The molecule has 0 aliphatic carbocycles. The van der Waals surface area contributed by atoms with E-state index in [0.717, 1.165) is 55.8 Å². The third kappa shape index (κ3) is 6.27. The van der Waals surface area contributed by atoms with Gasteiger partial charge in [-0.1, -0.05) is 200 Å². The second-order valence-corrected chi connectivity index (χ2v) is 18.5. The molecule has 0 atom stereocenters. The number of benzene rings is 10. The summed E-state index contributed by atoms with van der Waals surface area (Å²) in [6.07, 6.45) is 0. The Labute approximate surface area is 401 Å². The van der Waals surface area contributed by atoms with Crippen molar-refractivity contribution in [3.63, 3.8) is 0 Å². The van der Waals surface area contributed by atoms with Crippen LogP contribution in [0.3, 0.4) is 0 Å². The molecule has 0 spiro atoms. The van der Waals surface area contributed by atoms with Crippen molar-refractivity contribution in [2.75, 3.05) is 0 Å². The summed E-state index contributed by atoms with van der Waals surface area (Å²) >= 11 is 1.89. The van der Waals surface area contributed by atoms with Crippen molar-refractivity contribution in [1.29, 1.82) is 0 Å². The maximum absolute atomic E-state index is 5.44. The summed E-state index contributed by atoms with van der Waals surface area (Å²) in [5.41, 5.74) is 14.1. The van der Waals surface area contributed by atoms with Gasteiger partial charge < -0.3 is 9.13 Å². The van der Waals surface area contributed by atoms with Gasteiger partial charge in [-0.25, -0.2) is 15.0 Å². The van der Waals surface area contributed by atoms with Gasteiger partial charge in [-0.2, -0.15) is 0 Å². The zero-order chi connectivity index (χ0) is 45.4. The molecule has 14 rings (SSSR count). The van der Waals surface area contributed by atoms with Crippen LogP contribution in [0.2, 0.25) is 0 Å². The molecule has 10 aromatic carbocycles. The minimum Gasteiger partial charge on any atom is -0.308 e. The first kappa shape index (κ1) is 39.2. The lowest BCUT2D eigenvalue weighted by Crippen LogP contribution is -2.04. The fraction of sp³-hybridized carbons (Fsp3) is 0. The second kappa shape index (κ2) is 15.8. The molecule has 6 heteroatoms. The third-order valence-corrected chi connectivity index (χ3v) is 14.8. The van der Waals surface area contributed by atoms with E-state index in [0.29, 0.717) is 17.5 Å². The zero-order valence-corrected chi connectivity index (χ0v) is 38.0. The van der Waals surface area contributed by atoms with Gasteiger partial charge in [0.15, 0.2) is 17.5 Å². The average Bonchev–Trinajstić information content (AvgIpc) is 4.10. The van der Waals surface area contributed by atoms with Crippen LogP contribution in [0, 0.1) is 0 Å². The van der Waals surface area contributed by atoms with Crippen molar-refractivity contribution in [2.45, 2.75) is 0 Å². The van der Waals surface area contributed by atoms with Gasteiger partial charge in [0.2, 0.25) is 0 Å². The van der Waals surface area contributed by atoms with Crippen LogP contribution < -0.4 is 0 Å². The first-order valence-corrected chi connectivity index (χ1v) is 24.1. The van der Waals surface area contributed by atoms with Crippen LogP contribution in [0.4, 0.5) is 0 Å². The van der Waals surface area contributed by atoms with E-state index >= 15 is 0 Å².